The molecule has 3 aromatic heterocycles. The van der Waals surface area contributed by atoms with Crippen molar-refractivity contribution in [3.8, 4) is 0 Å². The van der Waals surface area contributed by atoms with Gasteiger partial charge < -0.3 is 15.2 Å². The van der Waals surface area contributed by atoms with Crippen molar-refractivity contribution in [2.75, 3.05) is 7.05 Å². The molecule has 0 aliphatic heterocycles. The quantitative estimate of drug-likeness (QED) is 0.412. The Balaban J connectivity index is 1.57. The minimum absolute atomic E-state index is 0.144. The molecule has 0 aliphatic rings. The Hall–Kier alpha value is -2.61. The number of carbonyl (C=O) groups is 2. The van der Waals surface area contributed by atoms with Crippen LogP contribution >= 0.6 is 34.3 Å². The van der Waals surface area contributed by atoms with E-state index in [-0.39, 0.29) is 11.8 Å². The average molecular weight is 458 g/mol. The Kier molecular flexibility index (Phi) is 6.22. The number of hydrogen-bond acceptors (Lipinski definition) is 4. The summed E-state index contributed by atoms with van der Waals surface area (Å²) in [5.74, 6) is -0.384. The zero-order chi connectivity index (χ0) is 21.1. The van der Waals surface area contributed by atoms with Crippen LogP contribution in [0.3, 0.4) is 0 Å². The molecule has 0 aliphatic carbocycles. The molecule has 0 saturated carbocycles. The van der Waals surface area contributed by atoms with E-state index in [0.29, 0.717) is 22.2 Å². The molecule has 2 N–H and O–H groups in total. The molecule has 1 aromatic carbocycles. The van der Waals surface area contributed by atoms with E-state index in [9.17, 15) is 9.59 Å². The van der Waals surface area contributed by atoms with Gasteiger partial charge in [-0.2, -0.15) is 0 Å². The monoisotopic (exact) mass is 457 g/mol. The van der Waals surface area contributed by atoms with Gasteiger partial charge in [-0.05, 0) is 35.2 Å². The topological polar surface area (TPSA) is 65.2 Å². The van der Waals surface area contributed by atoms with E-state index < -0.39 is 6.04 Å². The Morgan fingerprint density at radius 2 is 2.00 bits per heavy atom. The smallest absolute Gasteiger partial charge is 0.262 e. The van der Waals surface area contributed by atoms with Crippen LogP contribution in [0.25, 0.3) is 10.9 Å². The lowest BCUT2D eigenvalue weighted by atomic mass is 10.0. The first-order chi connectivity index (χ1) is 14.5. The van der Waals surface area contributed by atoms with Gasteiger partial charge in [0.2, 0.25) is 5.91 Å². The first-order valence-electron chi connectivity index (χ1n) is 9.40. The number of likely N-dealkylation sites (N-methyl/N-ethyl adjacent to an activating group) is 1. The van der Waals surface area contributed by atoms with E-state index in [4.69, 9.17) is 11.6 Å². The van der Waals surface area contributed by atoms with Crippen molar-refractivity contribution in [2.24, 2.45) is 0 Å². The largest absolute Gasteiger partial charge is 0.361 e. The summed E-state index contributed by atoms with van der Waals surface area (Å²) in [5, 5.41) is 5.83. The van der Waals surface area contributed by atoms with Crippen LogP contribution in [0.2, 0.25) is 4.34 Å². The Bertz CT molecular complexity index is 1170. The number of nitrogens with one attached hydrogen (secondary N) is 2. The summed E-state index contributed by atoms with van der Waals surface area (Å²) in [6, 6.07) is 14.6. The number of nitrogens with zero attached hydrogens (tertiary/aromatic N) is 1. The Morgan fingerprint density at radius 1 is 1.17 bits per heavy atom. The van der Waals surface area contributed by atoms with Crippen molar-refractivity contribution >= 4 is 57.0 Å². The maximum atomic E-state index is 13.3. The molecule has 1 atom stereocenters. The zero-order valence-electron chi connectivity index (χ0n) is 16.2. The predicted octanol–water partition coefficient (Wildman–Crippen LogP) is 4.94. The van der Waals surface area contributed by atoms with E-state index in [1.54, 1.807) is 18.0 Å². The first-order valence-corrected chi connectivity index (χ1v) is 11.5. The molecule has 4 aromatic rings. The molecule has 0 fully saturated rings. The van der Waals surface area contributed by atoms with Crippen LogP contribution < -0.4 is 5.32 Å². The van der Waals surface area contributed by atoms with Crippen LogP contribution in [-0.4, -0.2) is 34.8 Å². The first kappa shape index (κ1) is 20.7. The summed E-state index contributed by atoms with van der Waals surface area (Å²) < 4.78 is 0.687. The highest BCUT2D eigenvalue weighted by Crippen LogP contribution is 2.23. The highest BCUT2D eigenvalue weighted by Gasteiger charge is 2.26. The molecule has 1 unspecified atom stereocenters. The molecule has 0 spiro atoms. The van der Waals surface area contributed by atoms with Crippen molar-refractivity contribution in [3.63, 3.8) is 0 Å². The molecular weight excluding hydrogens is 438 g/mol. The molecule has 8 heteroatoms. The molecule has 3 heterocycles. The third-order valence-electron chi connectivity index (χ3n) is 4.85. The predicted molar refractivity (Wildman–Crippen MR) is 123 cm³/mol. The van der Waals surface area contributed by atoms with Crippen LogP contribution in [0.1, 0.15) is 20.1 Å². The fraction of sp³-hybridized carbons (Fsp3) is 0.182. The van der Waals surface area contributed by atoms with Gasteiger partial charge in [0.05, 0.1) is 15.8 Å². The van der Waals surface area contributed by atoms with Crippen LogP contribution in [-0.2, 0) is 17.8 Å². The van der Waals surface area contributed by atoms with E-state index in [1.807, 2.05) is 54.0 Å². The van der Waals surface area contributed by atoms with Gasteiger partial charge in [-0.3, -0.25) is 9.59 Å². The summed E-state index contributed by atoms with van der Waals surface area (Å²) in [7, 11) is 1.75. The van der Waals surface area contributed by atoms with Gasteiger partial charge in [-0.15, -0.1) is 22.7 Å². The van der Waals surface area contributed by atoms with Crippen molar-refractivity contribution in [1.82, 2.24) is 15.2 Å². The minimum Gasteiger partial charge on any atom is -0.361 e. The molecule has 4 rings (SSSR count). The summed E-state index contributed by atoms with van der Waals surface area (Å²) in [4.78, 5) is 32.4. The number of rotatable bonds is 7. The third kappa shape index (κ3) is 4.59. The van der Waals surface area contributed by atoms with Gasteiger partial charge >= 0.3 is 0 Å². The van der Waals surface area contributed by atoms with E-state index in [2.05, 4.69) is 10.3 Å². The minimum atomic E-state index is -0.681. The SMILES string of the molecule is CN(Cc1ccc(Cl)s1)C(=O)C(Cc1c[nH]c2ccccc12)NC(=O)c1cccs1. The third-order valence-corrected chi connectivity index (χ3v) is 6.93. The summed E-state index contributed by atoms with van der Waals surface area (Å²) >= 11 is 8.82. The number of halogens is 1. The van der Waals surface area contributed by atoms with Crippen LogP contribution in [0.5, 0.6) is 0 Å². The number of thiophene rings is 2. The number of aromatic nitrogens is 1. The lowest BCUT2D eigenvalue weighted by Gasteiger charge is -2.24. The molecule has 154 valence electrons. The summed E-state index contributed by atoms with van der Waals surface area (Å²) in [5.41, 5.74) is 1.99. The number of aromatic amines is 1. The van der Waals surface area contributed by atoms with Gasteiger partial charge in [0.25, 0.3) is 5.91 Å². The number of benzene rings is 1. The average Bonchev–Trinajstić information content (AvgIpc) is 3.49. The molecule has 30 heavy (non-hydrogen) atoms. The number of carbonyl (C=O) groups excluding carboxylic acids is 2. The second-order valence-electron chi connectivity index (χ2n) is 6.97. The second kappa shape index (κ2) is 9.04. The number of amides is 2. The summed E-state index contributed by atoms with van der Waals surface area (Å²) in [6.45, 7) is 0.440. The fourth-order valence-corrected chi connectivity index (χ4v) is 5.14. The van der Waals surface area contributed by atoms with Crippen molar-refractivity contribution in [2.45, 2.75) is 19.0 Å². The molecule has 5 nitrogen and oxygen atoms in total. The lowest BCUT2D eigenvalue weighted by molar-refractivity contribution is -0.132. The van der Waals surface area contributed by atoms with Crippen molar-refractivity contribution < 1.29 is 9.59 Å². The van der Waals surface area contributed by atoms with Crippen molar-refractivity contribution in [3.05, 3.63) is 79.8 Å². The zero-order valence-corrected chi connectivity index (χ0v) is 18.6. The molecule has 0 saturated heterocycles. The van der Waals surface area contributed by atoms with Gasteiger partial charge in [-0.25, -0.2) is 0 Å². The standard InChI is InChI=1S/C22H20ClN3O2S2/c1-26(13-15-8-9-20(23)30-15)22(28)18(25-21(27)19-7-4-10-29-19)11-14-12-24-17-6-3-2-5-16(14)17/h2-10,12,18,24H,11,13H2,1H3,(H,25,27). The number of H-pyrrole nitrogens is 1. The highest BCUT2D eigenvalue weighted by atomic mass is 35.5. The normalized spacial score (nSPS) is 12.1. The van der Waals surface area contributed by atoms with Gasteiger partial charge in [0, 0.05) is 35.4 Å². The van der Waals surface area contributed by atoms with Crippen LogP contribution in [0.4, 0.5) is 0 Å². The van der Waals surface area contributed by atoms with E-state index >= 15 is 0 Å². The van der Waals surface area contributed by atoms with Gasteiger partial charge in [0.15, 0.2) is 0 Å². The maximum absolute atomic E-state index is 13.3. The molecule has 2 amide bonds. The summed E-state index contributed by atoms with van der Waals surface area (Å²) in [6.07, 6.45) is 2.30. The molecule has 0 radical (unpaired) electrons. The fourth-order valence-electron chi connectivity index (χ4n) is 3.37. The van der Waals surface area contributed by atoms with Gasteiger partial charge in [-0.1, -0.05) is 35.9 Å². The van der Waals surface area contributed by atoms with Crippen molar-refractivity contribution in [1.29, 1.82) is 0 Å². The Morgan fingerprint density at radius 3 is 2.73 bits per heavy atom. The number of para-hydroxylation sites is 1. The second-order valence-corrected chi connectivity index (χ2v) is 9.71. The van der Waals surface area contributed by atoms with Gasteiger partial charge in [0.1, 0.15) is 6.04 Å². The Labute approximate surface area is 187 Å². The van der Waals surface area contributed by atoms with E-state index in [1.165, 1.54) is 22.7 Å². The number of hydrogen-bond donors (Lipinski definition) is 2. The maximum Gasteiger partial charge on any atom is 0.262 e. The highest BCUT2D eigenvalue weighted by molar-refractivity contribution is 7.16. The molecular formula is C22H20ClN3O2S2. The lowest BCUT2D eigenvalue weighted by Crippen LogP contribution is -2.48. The van der Waals surface area contributed by atoms with E-state index in [0.717, 1.165) is 21.3 Å². The molecule has 0 bridgehead atoms. The number of fused-ring (bicyclic) bond motifs is 1. The van der Waals surface area contributed by atoms with Crippen LogP contribution in [0, 0.1) is 0 Å². The van der Waals surface area contributed by atoms with Crippen LogP contribution in [0.15, 0.2) is 60.1 Å².